The Hall–Kier alpha value is -2.44. The van der Waals surface area contributed by atoms with Crippen molar-refractivity contribution in [2.24, 2.45) is 0 Å². The van der Waals surface area contributed by atoms with Gasteiger partial charge in [0.2, 0.25) is 5.88 Å². The van der Waals surface area contributed by atoms with Gasteiger partial charge in [0, 0.05) is 25.1 Å². The Labute approximate surface area is 121 Å². The topological polar surface area (TPSA) is 81.4 Å². The molecule has 1 atom stereocenters. The van der Waals surface area contributed by atoms with E-state index in [1.165, 1.54) is 0 Å². The molecule has 7 heteroatoms. The van der Waals surface area contributed by atoms with Crippen LogP contribution >= 0.6 is 0 Å². The highest BCUT2D eigenvalue weighted by molar-refractivity contribution is 5.92. The number of amides is 1. The van der Waals surface area contributed by atoms with E-state index in [9.17, 15) is 4.79 Å². The monoisotopic (exact) mass is 288 g/mol. The lowest BCUT2D eigenvalue weighted by Gasteiger charge is -2.15. The zero-order chi connectivity index (χ0) is 14.8. The number of carbonyl (C=O) groups excluding carboxylic acids is 1. The van der Waals surface area contributed by atoms with Crippen molar-refractivity contribution in [1.82, 2.24) is 20.3 Å². The SMILES string of the molecule is Cc1ccc(O[C@@H]2CCN(C(=O)c3cc(C)on3)C2)nn1. The van der Waals surface area contributed by atoms with Crippen LogP contribution in [0.5, 0.6) is 5.88 Å². The molecule has 2 aromatic rings. The Bertz CT molecular complexity index is 638. The van der Waals surface area contributed by atoms with Crippen LogP contribution in [-0.2, 0) is 0 Å². The molecular weight excluding hydrogens is 272 g/mol. The van der Waals surface area contributed by atoms with Crippen molar-refractivity contribution in [2.75, 3.05) is 13.1 Å². The summed E-state index contributed by atoms with van der Waals surface area (Å²) in [6.45, 7) is 4.78. The summed E-state index contributed by atoms with van der Waals surface area (Å²) in [5.74, 6) is 0.977. The van der Waals surface area contributed by atoms with Crippen molar-refractivity contribution in [3.63, 3.8) is 0 Å². The van der Waals surface area contributed by atoms with Gasteiger partial charge in [0.1, 0.15) is 11.9 Å². The lowest BCUT2D eigenvalue weighted by Crippen LogP contribution is -2.31. The molecule has 1 aliphatic rings. The maximum Gasteiger partial charge on any atom is 0.276 e. The molecule has 1 fully saturated rings. The number of hydrogen-bond donors (Lipinski definition) is 0. The maximum absolute atomic E-state index is 12.2. The van der Waals surface area contributed by atoms with Gasteiger partial charge in [0.05, 0.1) is 12.2 Å². The number of aryl methyl sites for hydroxylation is 2. The van der Waals surface area contributed by atoms with Gasteiger partial charge in [-0.2, -0.15) is 5.10 Å². The van der Waals surface area contributed by atoms with E-state index in [1.807, 2.05) is 13.0 Å². The zero-order valence-corrected chi connectivity index (χ0v) is 11.9. The molecule has 0 N–H and O–H groups in total. The summed E-state index contributed by atoms with van der Waals surface area (Å²) in [6, 6.07) is 5.27. The summed E-state index contributed by atoms with van der Waals surface area (Å²) in [7, 11) is 0. The first kappa shape index (κ1) is 13.5. The lowest BCUT2D eigenvalue weighted by molar-refractivity contribution is 0.0760. The average Bonchev–Trinajstić information content (AvgIpc) is 3.10. The summed E-state index contributed by atoms with van der Waals surface area (Å²) in [5.41, 5.74) is 1.18. The molecule has 0 aliphatic carbocycles. The van der Waals surface area contributed by atoms with Gasteiger partial charge < -0.3 is 14.2 Å². The first-order chi connectivity index (χ1) is 10.1. The molecule has 0 aromatic carbocycles. The standard InChI is InChI=1S/C14H16N4O3/c1-9-3-4-13(16-15-9)20-11-5-6-18(8-11)14(19)12-7-10(2)21-17-12/h3-4,7,11H,5-6,8H2,1-2H3/t11-/m1/s1. The molecule has 1 saturated heterocycles. The number of carbonyl (C=O) groups is 1. The number of nitrogens with zero attached hydrogens (tertiary/aromatic N) is 4. The van der Waals surface area contributed by atoms with Crippen molar-refractivity contribution in [3.05, 3.63) is 35.3 Å². The van der Waals surface area contributed by atoms with E-state index in [1.54, 1.807) is 24.0 Å². The smallest absolute Gasteiger partial charge is 0.276 e. The molecule has 1 aliphatic heterocycles. The summed E-state index contributed by atoms with van der Waals surface area (Å²) >= 11 is 0. The van der Waals surface area contributed by atoms with Crippen LogP contribution in [-0.4, -0.2) is 45.4 Å². The average molecular weight is 288 g/mol. The second-order valence-corrected chi connectivity index (χ2v) is 5.12. The fourth-order valence-corrected chi connectivity index (χ4v) is 2.26. The van der Waals surface area contributed by atoms with Crippen LogP contribution < -0.4 is 4.74 Å². The molecule has 0 radical (unpaired) electrons. The van der Waals surface area contributed by atoms with Crippen LogP contribution in [0, 0.1) is 13.8 Å². The fraction of sp³-hybridized carbons (Fsp3) is 0.429. The van der Waals surface area contributed by atoms with Gasteiger partial charge in [-0.1, -0.05) is 5.16 Å². The minimum Gasteiger partial charge on any atom is -0.471 e. The molecule has 0 unspecified atom stereocenters. The second-order valence-electron chi connectivity index (χ2n) is 5.12. The van der Waals surface area contributed by atoms with Crippen molar-refractivity contribution < 1.29 is 14.1 Å². The molecule has 3 heterocycles. The molecule has 3 rings (SSSR count). The van der Waals surface area contributed by atoms with Crippen LogP contribution in [0.2, 0.25) is 0 Å². The van der Waals surface area contributed by atoms with E-state index in [-0.39, 0.29) is 12.0 Å². The molecule has 2 aromatic heterocycles. The molecule has 0 saturated carbocycles. The Kier molecular flexibility index (Phi) is 3.55. The number of likely N-dealkylation sites (tertiary alicyclic amines) is 1. The normalized spacial score (nSPS) is 18.0. The summed E-state index contributed by atoms with van der Waals surface area (Å²) in [5, 5.41) is 11.7. The van der Waals surface area contributed by atoms with E-state index < -0.39 is 0 Å². The third kappa shape index (κ3) is 3.01. The predicted molar refractivity (Wildman–Crippen MR) is 72.9 cm³/mol. The fourth-order valence-electron chi connectivity index (χ4n) is 2.26. The van der Waals surface area contributed by atoms with Crippen LogP contribution in [0.25, 0.3) is 0 Å². The first-order valence-corrected chi connectivity index (χ1v) is 6.81. The maximum atomic E-state index is 12.2. The van der Waals surface area contributed by atoms with Crippen molar-refractivity contribution in [3.8, 4) is 5.88 Å². The van der Waals surface area contributed by atoms with Crippen LogP contribution in [0.1, 0.15) is 28.4 Å². The van der Waals surface area contributed by atoms with Crippen LogP contribution in [0.3, 0.4) is 0 Å². The number of ether oxygens (including phenoxy) is 1. The molecule has 110 valence electrons. The molecular formula is C14H16N4O3. The zero-order valence-electron chi connectivity index (χ0n) is 11.9. The third-order valence-electron chi connectivity index (χ3n) is 3.34. The summed E-state index contributed by atoms with van der Waals surface area (Å²) in [6.07, 6.45) is 0.692. The Balaban J connectivity index is 1.60. The summed E-state index contributed by atoms with van der Waals surface area (Å²) in [4.78, 5) is 13.9. The number of aromatic nitrogens is 3. The summed E-state index contributed by atoms with van der Waals surface area (Å²) < 4.78 is 10.7. The van der Waals surface area contributed by atoms with Gasteiger partial charge >= 0.3 is 0 Å². The van der Waals surface area contributed by atoms with E-state index in [2.05, 4.69) is 15.4 Å². The van der Waals surface area contributed by atoms with E-state index in [0.717, 1.165) is 12.1 Å². The van der Waals surface area contributed by atoms with Crippen LogP contribution in [0.15, 0.2) is 22.7 Å². The minimum absolute atomic E-state index is 0.0704. The Morgan fingerprint density at radius 3 is 2.90 bits per heavy atom. The predicted octanol–water partition coefficient (Wildman–Crippen LogP) is 1.37. The minimum atomic E-state index is -0.132. The molecule has 0 spiro atoms. The molecule has 0 bridgehead atoms. The van der Waals surface area contributed by atoms with Crippen molar-refractivity contribution in [1.29, 1.82) is 0 Å². The largest absolute Gasteiger partial charge is 0.471 e. The van der Waals surface area contributed by atoms with E-state index in [0.29, 0.717) is 30.4 Å². The van der Waals surface area contributed by atoms with Gasteiger partial charge in [0.25, 0.3) is 5.91 Å². The molecule has 21 heavy (non-hydrogen) atoms. The van der Waals surface area contributed by atoms with E-state index in [4.69, 9.17) is 9.26 Å². The highest BCUT2D eigenvalue weighted by Crippen LogP contribution is 2.18. The molecule has 7 nitrogen and oxygen atoms in total. The third-order valence-corrected chi connectivity index (χ3v) is 3.34. The van der Waals surface area contributed by atoms with Crippen molar-refractivity contribution >= 4 is 5.91 Å². The number of hydrogen-bond acceptors (Lipinski definition) is 6. The van der Waals surface area contributed by atoms with Crippen molar-refractivity contribution in [2.45, 2.75) is 26.4 Å². The highest BCUT2D eigenvalue weighted by atomic mass is 16.5. The van der Waals surface area contributed by atoms with Gasteiger partial charge in [-0.05, 0) is 19.9 Å². The Morgan fingerprint density at radius 1 is 1.38 bits per heavy atom. The van der Waals surface area contributed by atoms with Gasteiger partial charge in [0.15, 0.2) is 5.69 Å². The Morgan fingerprint density at radius 2 is 2.24 bits per heavy atom. The molecule has 1 amide bonds. The number of rotatable bonds is 3. The second kappa shape index (κ2) is 5.51. The van der Waals surface area contributed by atoms with Gasteiger partial charge in [-0.25, -0.2) is 0 Å². The quantitative estimate of drug-likeness (QED) is 0.848. The van der Waals surface area contributed by atoms with Gasteiger partial charge in [-0.15, -0.1) is 5.10 Å². The highest BCUT2D eigenvalue weighted by Gasteiger charge is 2.30. The lowest BCUT2D eigenvalue weighted by atomic mass is 10.3. The first-order valence-electron chi connectivity index (χ1n) is 6.81. The van der Waals surface area contributed by atoms with Gasteiger partial charge in [-0.3, -0.25) is 4.79 Å². The van der Waals surface area contributed by atoms with E-state index >= 15 is 0 Å². The van der Waals surface area contributed by atoms with Crippen LogP contribution in [0.4, 0.5) is 0 Å².